The molecule has 2 N–H and O–H groups in total. The fourth-order valence-electron chi connectivity index (χ4n) is 2.27. The lowest BCUT2D eigenvalue weighted by atomic mass is 10.0. The van der Waals surface area contributed by atoms with Gasteiger partial charge in [0.15, 0.2) is 0 Å². The Kier molecular flexibility index (Phi) is 6.02. The molecule has 0 aliphatic carbocycles. The van der Waals surface area contributed by atoms with E-state index in [1.54, 1.807) is 29.4 Å². The molecule has 4 nitrogen and oxygen atoms in total. The second kappa shape index (κ2) is 7.09. The summed E-state index contributed by atoms with van der Waals surface area (Å²) in [7, 11) is -3.47. The van der Waals surface area contributed by atoms with Crippen molar-refractivity contribution in [2.24, 2.45) is 5.92 Å². The van der Waals surface area contributed by atoms with Crippen molar-refractivity contribution in [3.63, 3.8) is 0 Å². The Bertz CT molecular complexity index is 537. The van der Waals surface area contributed by atoms with Gasteiger partial charge in [0.05, 0.1) is 4.90 Å². The average molecular weight is 298 g/mol. The van der Waals surface area contributed by atoms with Crippen LogP contribution in [0.15, 0.2) is 23.1 Å². The second-order valence-corrected chi connectivity index (χ2v) is 7.07. The second-order valence-electron chi connectivity index (χ2n) is 5.16. The first-order valence-corrected chi connectivity index (χ1v) is 8.67. The predicted octanol–water partition coefficient (Wildman–Crippen LogP) is 3.02. The molecular weight excluding hydrogens is 272 g/mol. The number of benzene rings is 1. The van der Waals surface area contributed by atoms with Crippen LogP contribution in [0.4, 0.5) is 5.69 Å². The Balaban J connectivity index is 3.15. The minimum absolute atomic E-state index is 0.324. The number of hydrogen-bond acceptors (Lipinski definition) is 3. The summed E-state index contributed by atoms with van der Waals surface area (Å²) in [5.74, 6) is 0.395. The first-order chi connectivity index (χ1) is 9.36. The monoisotopic (exact) mass is 298 g/mol. The van der Waals surface area contributed by atoms with Gasteiger partial charge in [0, 0.05) is 18.8 Å². The minimum atomic E-state index is -3.47. The molecule has 0 bridgehead atoms. The molecular formula is C15H26N2O2S. The third kappa shape index (κ3) is 3.73. The number of hydrogen-bond donors (Lipinski definition) is 1. The molecule has 0 amide bonds. The standard InChI is InChI=1S/C15H26N2O2S/c1-5-13(6-2)11-17(7-3)20(18,19)15-10-14(16)9-8-12(15)4/h8-10,13H,5-7,11,16H2,1-4H3. The first kappa shape index (κ1) is 17.0. The van der Waals surface area contributed by atoms with Gasteiger partial charge in [-0.1, -0.05) is 39.7 Å². The van der Waals surface area contributed by atoms with Gasteiger partial charge in [-0.2, -0.15) is 4.31 Å². The molecule has 0 aliphatic heterocycles. The van der Waals surface area contributed by atoms with Crippen LogP contribution in [-0.2, 0) is 10.0 Å². The number of nitrogen functional groups attached to an aromatic ring is 1. The van der Waals surface area contributed by atoms with E-state index >= 15 is 0 Å². The van der Waals surface area contributed by atoms with Crippen LogP contribution < -0.4 is 5.73 Å². The summed E-state index contributed by atoms with van der Waals surface area (Å²) in [6.45, 7) is 8.92. The summed E-state index contributed by atoms with van der Waals surface area (Å²) in [6.07, 6.45) is 1.97. The number of rotatable bonds is 7. The van der Waals surface area contributed by atoms with Crippen molar-refractivity contribution >= 4 is 15.7 Å². The smallest absolute Gasteiger partial charge is 0.243 e. The average Bonchev–Trinajstić information content (AvgIpc) is 2.42. The first-order valence-electron chi connectivity index (χ1n) is 7.23. The summed E-state index contributed by atoms with van der Waals surface area (Å²) < 4.78 is 27.1. The molecule has 0 spiro atoms. The number of nitrogens with two attached hydrogens (primary N) is 1. The van der Waals surface area contributed by atoms with Crippen molar-refractivity contribution in [2.45, 2.75) is 45.4 Å². The Morgan fingerprint density at radius 1 is 1.20 bits per heavy atom. The highest BCUT2D eigenvalue weighted by atomic mass is 32.2. The summed E-state index contributed by atoms with van der Waals surface area (Å²) in [5.41, 5.74) is 6.95. The highest BCUT2D eigenvalue weighted by molar-refractivity contribution is 7.89. The van der Waals surface area contributed by atoms with Crippen LogP contribution in [0.5, 0.6) is 0 Å². The summed E-state index contributed by atoms with van der Waals surface area (Å²) in [5, 5.41) is 0. The van der Waals surface area contributed by atoms with E-state index < -0.39 is 10.0 Å². The Morgan fingerprint density at radius 3 is 2.30 bits per heavy atom. The lowest BCUT2D eigenvalue weighted by Crippen LogP contribution is -2.35. The Hall–Kier alpha value is -1.07. The number of anilines is 1. The van der Waals surface area contributed by atoms with Crippen molar-refractivity contribution in [3.05, 3.63) is 23.8 Å². The minimum Gasteiger partial charge on any atom is -0.399 e. The fraction of sp³-hybridized carbons (Fsp3) is 0.600. The Labute approximate surface area is 123 Å². The number of aryl methyl sites for hydroxylation is 1. The molecule has 0 aliphatic rings. The molecule has 0 radical (unpaired) electrons. The van der Waals surface area contributed by atoms with E-state index in [1.807, 2.05) is 6.92 Å². The topological polar surface area (TPSA) is 63.4 Å². The SMILES string of the molecule is CCC(CC)CN(CC)S(=O)(=O)c1cc(N)ccc1C. The summed E-state index contributed by atoms with van der Waals surface area (Å²) in [4.78, 5) is 0.324. The van der Waals surface area contributed by atoms with Gasteiger partial charge in [0.1, 0.15) is 0 Å². The van der Waals surface area contributed by atoms with E-state index in [9.17, 15) is 8.42 Å². The van der Waals surface area contributed by atoms with E-state index in [4.69, 9.17) is 5.73 Å². The maximum absolute atomic E-state index is 12.8. The predicted molar refractivity (Wildman–Crippen MR) is 84.1 cm³/mol. The molecule has 0 heterocycles. The lowest BCUT2D eigenvalue weighted by molar-refractivity contribution is 0.339. The van der Waals surface area contributed by atoms with E-state index in [2.05, 4.69) is 13.8 Å². The molecule has 1 aromatic rings. The molecule has 0 aromatic heterocycles. The summed E-state index contributed by atoms with van der Waals surface area (Å²) in [6, 6.07) is 5.04. The molecule has 20 heavy (non-hydrogen) atoms. The largest absolute Gasteiger partial charge is 0.399 e. The maximum atomic E-state index is 12.8. The van der Waals surface area contributed by atoms with Gasteiger partial charge in [-0.05, 0) is 30.5 Å². The highest BCUT2D eigenvalue weighted by Crippen LogP contribution is 2.24. The quantitative estimate of drug-likeness (QED) is 0.787. The van der Waals surface area contributed by atoms with Gasteiger partial charge in [-0.15, -0.1) is 0 Å². The van der Waals surface area contributed by atoms with Crippen molar-refractivity contribution in [1.82, 2.24) is 4.31 Å². The van der Waals surface area contributed by atoms with E-state index in [-0.39, 0.29) is 0 Å². The van der Waals surface area contributed by atoms with Crippen molar-refractivity contribution < 1.29 is 8.42 Å². The molecule has 0 saturated heterocycles. The molecule has 1 rings (SSSR count). The molecule has 1 aromatic carbocycles. The fourth-order valence-corrected chi connectivity index (χ4v) is 4.05. The van der Waals surface area contributed by atoms with Crippen LogP contribution in [0.2, 0.25) is 0 Å². The zero-order valence-corrected chi connectivity index (χ0v) is 13.7. The van der Waals surface area contributed by atoms with Crippen molar-refractivity contribution in [3.8, 4) is 0 Å². The van der Waals surface area contributed by atoms with Crippen LogP contribution in [0.25, 0.3) is 0 Å². The zero-order chi connectivity index (χ0) is 15.3. The van der Waals surface area contributed by atoms with E-state index in [0.717, 1.165) is 18.4 Å². The summed E-state index contributed by atoms with van der Waals surface area (Å²) >= 11 is 0. The van der Waals surface area contributed by atoms with Crippen LogP contribution in [0.3, 0.4) is 0 Å². The maximum Gasteiger partial charge on any atom is 0.243 e. The Morgan fingerprint density at radius 2 is 1.80 bits per heavy atom. The van der Waals surface area contributed by atoms with E-state index in [1.165, 1.54) is 0 Å². The van der Waals surface area contributed by atoms with Gasteiger partial charge >= 0.3 is 0 Å². The molecule has 5 heteroatoms. The van der Waals surface area contributed by atoms with Gasteiger partial charge in [-0.3, -0.25) is 0 Å². The van der Waals surface area contributed by atoms with Gasteiger partial charge < -0.3 is 5.73 Å². The van der Waals surface area contributed by atoms with Crippen molar-refractivity contribution in [2.75, 3.05) is 18.8 Å². The van der Waals surface area contributed by atoms with Gasteiger partial charge in [-0.25, -0.2) is 8.42 Å². The normalized spacial score (nSPS) is 12.3. The highest BCUT2D eigenvalue weighted by Gasteiger charge is 2.26. The van der Waals surface area contributed by atoms with Crippen molar-refractivity contribution in [1.29, 1.82) is 0 Å². The number of sulfonamides is 1. The van der Waals surface area contributed by atoms with Crippen LogP contribution in [0, 0.1) is 12.8 Å². The molecule has 0 saturated carbocycles. The third-order valence-electron chi connectivity index (χ3n) is 3.80. The number of nitrogens with zero attached hydrogens (tertiary/aromatic N) is 1. The van der Waals surface area contributed by atoms with Gasteiger partial charge in [0.2, 0.25) is 10.0 Å². The van der Waals surface area contributed by atoms with Crippen LogP contribution >= 0.6 is 0 Å². The lowest BCUT2D eigenvalue weighted by Gasteiger charge is -2.25. The van der Waals surface area contributed by atoms with Crippen LogP contribution in [0.1, 0.15) is 39.2 Å². The molecule has 0 atom stereocenters. The zero-order valence-electron chi connectivity index (χ0n) is 12.9. The molecule has 114 valence electrons. The third-order valence-corrected chi connectivity index (χ3v) is 5.88. The van der Waals surface area contributed by atoms with E-state index in [0.29, 0.717) is 29.6 Å². The molecule has 0 fully saturated rings. The molecule has 0 unspecified atom stereocenters. The van der Waals surface area contributed by atoms with Gasteiger partial charge in [0.25, 0.3) is 0 Å². The van der Waals surface area contributed by atoms with Crippen LogP contribution in [-0.4, -0.2) is 25.8 Å².